The second kappa shape index (κ2) is 7.45. The van der Waals surface area contributed by atoms with Gasteiger partial charge in [-0.2, -0.15) is 0 Å². The van der Waals surface area contributed by atoms with Crippen LogP contribution in [0, 0.1) is 0 Å². The van der Waals surface area contributed by atoms with Crippen LogP contribution in [-0.4, -0.2) is 64.9 Å². The molecular weight excluding hydrogens is 304 g/mol. The summed E-state index contributed by atoms with van der Waals surface area (Å²) in [6.45, 7) is 4.80. The van der Waals surface area contributed by atoms with E-state index in [4.69, 9.17) is 0 Å². The van der Waals surface area contributed by atoms with E-state index in [-0.39, 0.29) is 17.8 Å². The van der Waals surface area contributed by atoms with Gasteiger partial charge in [-0.15, -0.1) is 0 Å². The molecule has 2 saturated heterocycles. The zero-order chi connectivity index (χ0) is 17.1. The van der Waals surface area contributed by atoms with Crippen molar-refractivity contribution in [2.75, 3.05) is 26.2 Å². The molecule has 0 bridgehead atoms. The zero-order valence-electron chi connectivity index (χ0n) is 14.3. The number of Topliss-reactive ketones (excluding diaryl/α,β-unsaturated/α-hetero) is 1. The highest BCUT2D eigenvalue weighted by Crippen LogP contribution is 2.22. The molecule has 5 nitrogen and oxygen atoms in total. The molecule has 1 atom stereocenters. The Balaban J connectivity index is 1.59. The maximum atomic E-state index is 12.7. The smallest absolute Gasteiger partial charge is 0.253 e. The number of β-amino-alcohol motifs (C(OH)–C–C–N with tert-alkyl or cyclic N) is 1. The van der Waals surface area contributed by atoms with Gasteiger partial charge in [-0.3, -0.25) is 14.5 Å². The number of aliphatic hydroxyl groups is 1. The topological polar surface area (TPSA) is 60.9 Å². The van der Waals surface area contributed by atoms with Crippen molar-refractivity contribution in [1.82, 2.24) is 9.80 Å². The van der Waals surface area contributed by atoms with E-state index in [1.54, 1.807) is 24.3 Å². The Morgan fingerprint density at radius 1 is 1.08 bits per heavy atom. The Kier molecular flexibility index (Phi) is 5.31. The summed E-state index contributed by atoms with van der Waals surface area (Å²) in [5.74, 6) is -0.0118. The lowest BCUT2D eigenvalue weighted by Crippen LogP contribution is -2.50. The molecule has 0 saturated carbocycles. The maximum absolute atomic E-state index is 12.7. The van der Waals surface area contributed by atoms with Crippen LogP contribution in [0.25, 0.3) is 0 Å². The van der Waals surface area contributed by atoms with Crippen molar-refractivity contribution in [2.45, 2.75) is 44.8 Å². The molecule has 0 spiro atoms. The van der Waals surface area contributed by atoms with Crippen molar-refractivity contribution in [3.05, 3.63) is 35.4 Å². The molecule has 1 aromatic rings. The highest BCUT2D eigenvalue weighted by Gasteiger charge is 2.30. The van der Waals surface area contributed by atoms with Crippen LogP contribution in [0.3, 0.4) is 0 Å². The molecule has 1 N–H and O–H groups in total. The Morgan fingerprint density at radius 2 is 1.79 bits per heavy atom. The number of piperidine rings is 2. The molecule has 1 aromatic carbocycles. The molecule has 2 heterocycles. The second-order valence-electron chi connectivity index (χ2n) is 6.95. The fourth-order valence-corrected chi connectivity index (χ4v) is 3.80. The molecule has 0 radical (unpaired) electrons. The SMILES string of the molecule is CC(=O)c1cccc(C(=O)N2CCC(N3CCCC(O)C3)CC2)c1. The predicted molar refractivity (Wildman–Crippen MR) is 92.2 cm³/mol. The minimum atomic E-state index is -0.201. The number of carbonyl (C=O) groups excluding carboxylic acids is 2. The van der Waals surface area contributed by atoms with E-state index < -0.39 is 0 Å². The largest absolute Gasteiger partial charge is 0.392 e. The van der Waals surface area contributed by atoms with Crippen LogP contribution < -0.4 is 0 Å². The highest BCUT2D eigenvalue weighted by atomic mass is 16.3. The first-order valence-corrected chi connectivity index (χ1v) is 8.87. The molecule has 130 valence electrons. The number of aliphatic hydroxyl groups excluding tert-OH is 1. The second-order valence-corrected chi connectivity index (χ2v) is 6.95. The van der Waals surface area contributed by atoms with Crippen LogP contribution in [0.5, 0.6) is 0 Å². The van der Waals surface area contributed by atoms with Crippen LogP contribution in [-0.2, 0) is 0 Å². The van der Waals surface area contributed by atoms with Crippen molar-refractivity contribution in [2.24, 2.45) is 0 Å². The standard InChI is InChI=1S/C19H26N2O3/c1-14(22)15-4-2-5-16(12-15)19(24)20-10-7-17(8-11-20)21-9-3-6-18(23)13-21/h2,4-5,12,17-18,23H,3,6-11,13H2,1H3. The number of likely N-dealkylation sites (tertiary alicyclic amines) is 2. The van der Waals surface area contributed by atoms with Gasteiger partial charge in [0, 0.05) is 36.8 Å². The highest BCUT2D eigenvalue weighted by molar-refractivity contribution is 5.99. The van der Waals surface area contributed by atoms with E-state index in [9.17, 15) is 14.7 Å². The van der Waals surface area contributed by atoms with Gasteiger partial charge in [0.2, 0.25) is 0 Å². The number of ketones is 1. The van der Waals surface area contributed by atoms with Gasteiger partial charge >= 0.3 is 0 Å². The fourth-order valence-electron chi connectivity index (χ4n) is 3.80. The Morgan fingerprint density at radius 3 is 2.46 bits per heavy atom. The van der Waals surface area contributed by atoms with E-state index in [0.29, 0.717) is 17.2 Å². The van der Waals surface area contributed by atoms with Crippen LogP contribution in [0.1, 0.15) is 53.3 Å². The number of nitrogens with zero attached hydrogens (tertiary/aromatic N) is 2. The molecule has 3 rings (SSSR count). The van der Waals surface area contributed by atoms with Gasteiger partial charge in [0.05, 0.1) is 6.10 Å². The molecule has 1 unspecified atom stereocenters. The lowest BCUT2D eigenvalue weighted by Gasteiger charge is -2.41. The number of hydrogen-bond acceptors (Lipinski definition) is 4. The van der Waals surface area contributed by atoms with Gasteiger partial charge < -0.3 is 10.0 Å². The number of carbonyl (C=O) groups is 2. The molecule has 1 amide bonds. The van der Waals surface area contributed by atoms with E-state index in [1.165, 1.54) is 6.92 Å². The first kappa shape index (κ1) is 17.1. The number of amides is 1. The summed E-state index contributed by atoms with van der Waals surface area (Å²) in [5.41, 5.74) is 1.17. The summed E-state index contributed by atoms with van der Waals surface area (Å²) < 4.78 is 0. The van der Waals surface area contributed by atoms with E-state index in [1.807, 2.05) is 4.90 Å². The molecule has 5 heteroatoms. The molecule has 0 aliphatic carbocycles. The van der Waals surface area contributed by atoms with Gasteiger partial charge in [0.15, 0.2) is 5.78 Å². The van der Waals surface area contributed by atoms with Crippen molar-refractivity contribution >= 4 is 11.7 Å². The van der Waals surface area contributed by atoms with Crippen LogP contribution in [0.15, 0.2) is 24.3 Å². The number of rotatable bonds is 3. The number of benzene rings is 1. The predicted octanol–water partition coefficient (Wildman–Crippen LogP) is 1.95. The van der Waals surface area contributed by atoms with Crippen LogP contribution in [0.2, 0.25) is 0 Å². The Hall–Kier alpha value is -1.72. The lowest BCUT2D eigenvalue weighted by atomic mass is 9.98. The first-order valence-electron chi connectivity index (χ1n) is 8.87. The third kappa shape index (κ3) is 3.84. The fraction of sp³-hybridized carbons (Fsp3) is 0.579. The van der Waals surface area contributed by atoms with Crippen molar-refractivity contribution < 1.29 is 14.7 Å². The van der Waals surface area contributed by atoms with Crippen molar-refractivity contribution in [3.63, 3.8) is 0 Å². The average Bonchev–Trinajstić information content (AvgIpc) is 2.61. The van der Waals surface area contributed by atoms with E-state index >= 15 is 0 Å². The zero-order valence-corrected chi connectivity index (χ0v) is 14.3. The van der Waals surface area contributed by atoms with Crippen molar-refractivity contribution in [3.8, 4) is 0 Å². The Bertz CT molecular complexity index is 608. The third-order valence-electron chi connectivity index (χ3n) is 5.21. The van der Waals surface area contributed by atoms with Gasteiger partial charge in [-0.05, 0) is 51.3 Å². The molecule has 2 aliphatic rings. The molecular formula is C19H26N2O3. The molecule has 0 aromatic heterocycles. The van der Waals surface area contributed by atoms with Crippen molar-refractivity contribution in [1.29, 1.82) is 0 Å². The number of hydrogen-bond donors (Lipinski definition) is 1. The monoisotopic (exact) mass is 330 g/mol. The summed E-state index contributed by atoms with van der Waals surface area (Å²) >= 11 is 0. The summed E-state index contributed by atoms with van der Waals surface area (Å²) in [6.07, 6.45) is 3.65. The summed E-state index contributed by atoms with van der Waals surface area (Å²) in [5, 5.41) is 9.84. The lowest BCUT2D eigenvalue weighted by molar-refractivity contribution is 0.0241. The van der Waals surface area contributed by atoms with Crippen LogP contribution in [0.4, 0.5) is 0 Å². The average molecular weight is 330 g/mol. The van der Waals surface area contributed by atoms with E-state index in [0.717, 1.165) is 51.9 Å². The maximum Gasteiger partial charge on any atom is 0.253 e. The summed E-state index contributed by atoms with van der Waals surface area (Å²) in [7, 11) is 0. The van der Waals surface area contributed by atoms with Gasteiger partial charge in [0.25, 0.3) is 5.91 Å². The Labute approximate surface area is 143 Å². The molecule has 2 fully saturated rings. The van der Waals surface area contributed by atoms with E-state index in [2.05, 4.69) is 4.90 Å². The minimum Gasteiger partial charge on any atom is -0.392 e. The minimum absolute atomic E-state index is 0.00947. The third-order valence-corrected chi connectivity index (χ3v) is 5.21. The quantitative estimate of drug-likeness (QED) is 0.861. The van der Waals surface area contributed by atoms with Crippen LogP contribution >= 0.6 is 0 Å². The first-order chi connectivity index (χ1) is 11.5. The van der Waals surface area contributed by atoms with Gasteiger partial charge in [-0.25, -0.2) is 0 Å². The summed E-state index contributed by atoms with van der Waals surface area (Å²) in [6, 6.07) is 7.45. The van der Waals surface area contributed by atoms with Gasteiger partial charge in [0.1, 0.15) is 0 Å². The normalized spacial score (nSPS) is 23.2. The summed E-state index contributed by atoms with van der Waals surface area (Å²) in [4.78, 5) is 28.4. The van der Waals surface area contributed by atoms with Gasteiger partial charge in [-0.1, -0.05) is 12.1 Å². The molecule has 2 aliphatic heterocycles. The molecule has 24 heavy (non-hydrogen) atoms.